The van der Waals surface area contributed by atoms with Crippen molar-refractivity contribution in [1.82, 2.24) is 4.98 Å². The van der Waals surface area contributed by atoms with Crippen LogP contribution in [-0.2, 0) is 6.61 Å². The fourth-order valence-corrected chi connectivity index (χ4v) is 1.67. The summed E-state index contributed by atoms with van der Waals surface area (Å²) in [7, 11) is 1.38. The maximum atomic E-state index is 10.9. The van der Waals surface area contributed by atoms with Crippen molar-refractivity contribution >= 4 is 17.3 Å². The van der Waals surface area contributed by atoms with E-state index >= 15 is 0 Å². The lowest BCUT2D eigenvalue weighted by atomic mass is 10.2. The molecule has 0 N–H and O–H groups in total. The number of ether oxygens (including phenoxy) is 2. The quantitative estimate of drug-likeness (QED) is 0.481. The van der Waals surface area contributed by atoms with Crippen LogP contribution in [0, 0.1) is 10.1 Å². The maximum absolute atomic E-state index is 10.9. The largest absolute Gasteiger partial charge is 0.490 e. The van der Waals surface area contributed by atoms with Crippen LogP contribution >= 0.6 is 11.6 Å². The van der Waals surface area contributed by atoms with Gasteiger partial charge in [0.05, 0.1) is 18.1 Å². The number of rotatable bonds is 5. The van der Waals surface area contributed by atoms with Crippen LogP contribution in [0.15, 0.2) is 36.5 Å². The molecule has 7 heteroatoms. The smallest absolute Gasteiger partial charge is 0.314 e. The average Bonchev–Trinajstić information content (AvgIpc) is 2.46. The molecule has 0 saturated heterocycles. The molecule has 0 fully saturated rings. The molecular formula is C13H11ClN2O4. The summed E-state index contributed by atoms with van der Waals surface area (Å²) in [4.78, 5) is 14.3. The second-order valence-electron chi connectivity index (χ2n) is 3.87. The Morgan fingerprint density at radius 1 is 1.35 bits per heavy atom. The Morgan fingerprint density at radius 2 is 2.15 bits per heavy atom. The molecule has 2 aromatic rings. The fourth-order valence-electron chi connectivity index (χ4n) is 1.56. The van der Waals surface area contributed by atoms with E-state index in [2.05, 4.69) is 4.98 Å². The van der Waals surface area contributed by atoms with E-state index in [9.17, 15) is 10.1 Å². The van der Waals surface area contributed by atoms with Gasteiger partial charge in [-0.05, 0) is 18.2 Å². The van der Waals surface area contributed by atoms with Gasteiger partial charge in [0.2, 0.25) is 0 Å². The van der Waals surface area contributed by atoms with Crippen LogP contribution in [0.1, 0.15) is 5.56 Å². The molecule has 0 aliphatic heterocycles. The van der Waals surface area contributed by atoms with Crippen molar-refractivity contribution in [1.29, 1.82) is 0 Å². The predicted molar refractivity (Wildman–Crippen MR) is 73.2 cm³/mol. The van der Waals surface area contributed by atoms with Gasteiger partial charge in [-0.25, -0.2) is 4.98 Å². The van der Waals surface area contributed by atoms with Crippen molar-refractivity contribution < 1.29 is 14.4 Å². The van der Waals surface area contributed by atoms with Gasteiger partial charge in [0, 0.05) is 11.8 Å². The zero-order valence-corrected chi connectivity index (χ0v) is 11.3. The van der Waals surface area contributed by atoms with Gasteiger partial charge in [-0.1, -0.05) is 17.7 Å². The van der Waals surface area contributed by atoms with E-state index in [1.165, 1.54) is 19.2 Å². The molecule has 0 aliphatic carbocycles. The van der Waals surface area contributed by atoms with Gasteiger partial charge in [-0.2, -0.15) is 0 Å². The fraction of sp³-hybridized carbons (Fsp3) is 0.154. The Balaban J connectivity index is 2.11. The van der Waals surface area contributed by atoms with Gasteiger partial charge in [0.1, 0.15) is 17.5 Å². The zero-order chi connectivity index (χ0) is 14.5. The van der Waals surface area contributed by atoms with Crippen LogP contribution in [-0.4, -0.2) is 17.0 Å². The van der Waals surface area contributed by atoms with Crippen molar-refractivity contribution in [2.45, 2.75) is 6.61 Å². The predicted octanol–water partition coefficient (Wildman–Crippen LogP) is 3.23. The standard InChI is InChI=1S/C13H11ClN2O4/c1-19-12-4-3-10(6-11(12)16(17)18)20-8-9-2-5-13(14)15-7-9/h2-7H,8H2,1H3. The third kappa shape index (κ3) is 3.36. The minimum atomic E-state index is -0.518. The first kappa shape index (κ1) is 14.1. The van der Waals surface area contributed by atoms with E-state index in [-0.39, 0.29) is 18.0 Å². The molecular weight excluding hydrogens is 284 g/mol. The molecule has 0 unspecified atom stereocenters. The Kier molecular flexibility index (Phi) is 4.37. The molecule has 6 nitrogen and oxygen atoms in total. The summed E-state index contributed by atoms with van der Waals surface area (Å²) in [5.41, 5.74) is 0.673. The Bertz CT molecular complexity index is 616. The van der Waals surface area contributed by atoms with Crippen LogP contribution in [0.5, 0.6) is 11.5 Å². The minimum Gasteiger partial charge on any atom is -0.490 e. The lowest BCUT2D eigenvalue weighted by Crippen LogP contribution is -1.98. The van der Waals surface area contributed by atoms with Gasteiger partial charge in [-0.3, -0.25) is 10.1 Å². The van der Waals surface area contributed by atoms with Crippen molar-refractivity contribution in [2.24, 2.45) is 0 Å². The maximum Gasteiger partial charge on any atom is 0.314 e. The van der Waals surface area contributed by atoms with E-state index in [0.29, 0.717) is 10.9 Å². The molecule has 0 radical (unpaired) electrons. The highest BCUT2D eigenvalue weighted by molar-refractivity contribution is 6.29. The van der Waals surface area contributed by atoms with E-state index in [0.717, 1.165) is 5.56 Å². The van der Waals surface area contributed by atoms with E-state index < -0.39 is 4.92 Å². The SMILES string of the molecule is COc1ccc(OCc2ccc(Cl)nc2)cc1[N+](=O)[O-]. The number of nitro groups is 1. The zero-order valence-electron chi connectivity index (χ0n) is 10.6. The summed E-state index contributed by atoms with van der Waals surface area (Å²) in [6.45, 7) is 0.244. The number of hydrogen-bond acceptors (Lipinski definition) is 5. The summed E-state index contributed by atoms with van der Waals surface area (Å²) >= 11 is 5.68. The Morgan fingerprint density at radius 3 is 2.75 bits per heavy atom. The Hall–Kier alpha value is -2.34. The molecule has 0 atom stereocenters. The summed E-state index contributed by atoms with van der Waals surface area (Å²) in [6.07, 6.45) is 1.58. The highest BCUT2D eigenvalue weighted by Gasteiger charge is 2.15. The van der Waals surface area contributed by atoms with E-state index in [4.69, 9.17) is 21.1 Å². The summed E-state index contributed by atoms with van der Waals surface area (Å²) in [5.74, 6) is 0.572. The summed E-state index contributed by atoms with van der Waals surface area (Å²) < 4.78 is 10.4. The molecule has 0 spiro atoms. The van der Waals surface area contributed by atoms with Gasteiger partial charge < -0.3 is 9.47 Å². The number of halogens is 1. The molecule has 0 saturated carbocycles. The van der Waals surface area contributed by atoms with E-state index in [1.54, 1.807) is 24.4 Å². The lowest BCUT2D eigenvalue weighted by Gasteiger charge is -2.07. The molecule has 104 valence electrons. The molecule has 1 aromatic heterocycles. The highest BCUT2D eigenvalue weighted by Crippen LogP contribution is 2.31. The summed E-state index contributed by atoms with van der Waals surface area (Å²) in [6, 6.07) is 7.84. The second-order valence-corrected chi connectivity index (χ2v) is 4.26. The number of nitrogens with zero attached hydrogens (tertiary/aromatic N) is 2. The van der Waals surface area contributed by atoms with Crippen molar-refractivity contribution in [2.75, 3.05) is 7.11 Å². The number of benzene rings is 1. The van der Waals surface area contributed by atoms with Crippen LogP contribution in [0.3, 0.4) is 0 Å². The number of pyridine rings is 1. The van der Waals surface area contributed by atoms with Crippen LogP contribution in [0.4, 0.5) is 5.69 Å². The van der Waals surface area contributed by atoms with Crippen LogP contribution in [0.2, 0.25) is 5.15 Å². The monoisotopic (exact) mass is 294 g/mol. The van der Waals surface area contributed by atoms with Crippen molar-refractivity contribution in [3.63, 3.8) is 0 Å². The summed E-state index contributed by atoms with van der Waals surface area (Å²) in [5, 5.41) is 11.3. The Labute approximate surface area is 120 Å². The van der Waals surface area contributed by atoms with Gasteiger partial charge in [0.15, 0.2) is 5.75 Å². The average molecular weight is 295 g/mol. The van der Waals surface area contributed by atoms with E-state index in [1.807, 2.05) is 0 Å². The molecule has 2 rings (SSSR count). The molecule has 0 bridgehead atoms. The van der Waals surface area contributed by atoms with Crippen molar-refractivity contribution in [3.05, 3.63) is 57.4 Å². The molecule has 0 aliphatic rings. The number of methoxy groups -OCH3 is 1. The molecule has 0 amide bonds. The van der Waals surface area contributed by atoms with Gasteiger partial charge in [0.25, 0.3) is 0 Å². The lowest BCUT2D eigenvalue weighted by molar-refractivity contribution is -0.385. The van der Waals surface area contributed by atoms with Crippen LogP contribution in [0.25, 0.3) is 0 Å². The molecule has 20 heavy (non-hydrogen) atoms. The number of hydrogen-bond donors (Lipinski definition) is 0. The van der Waals surface area contributed by atoms with Crippen LogP contribution < -0.4 is 9.47 Å². The molecule has 1 heterocycles. The van der Waals surface area contributed by atoms with Gasteiger partial charge in [-0.15, -0.1) is 0 Å². The second kappa shape index (κ2) is 6.21. The number of aromatic nitrogens is 1. The minimum absolute atomic E-state index is 0.140. The topological polar surface area (TPSA) is 74.5 Å². The normalized spacial score (nSPS) is 10.1. The van der Waals surface area contributed by atoms with Gasteiger partial charge >= 0.3 is 5.69 Å². The molecule has 1 aromatic carbocycles. The first-order valence-electron chi connectivity index (χ1n) is 5.66. The first-order valence-corrected chi connectivity index (χ1v) is 6.03. The van der Waals surface area contributed by atoms with Crippen molar-refractivity contribution in [3.8, 4) is 11.5 Å². The third-order valence-electron chi connectivity index (χ3n) is 2.54. The number of nitro benzene ring substituents is 1. The highest BCUT2D eigenvalue weighted by atomic mass is 35.5. The first-order chi connectivity index (χ1) is 9.60. The third-order valence-corrected chi connectivity index (χ3v) is 2.76.